The summed E-state index contributed by atoms with van der Waals surface area (Å²) < 4.78 is 0. The van der Waals surface area contributed by atoms with Crippen molar-refractivity contribution in [2.45, 2.75) is 42.8 Å². The van der Waals surface area contributed by atoms with Gasteiger partial charge in [0.2, 0.25) is 11.8 Å². The van der Waals surface area contributed by atoms with Crippen LogP contribution in [0.15, 0.2) is 53.4 Å². The van der Waals surface area contributed by atoms with E-state index in [2.05, 4.69) is 20.8 Å². The number of nitrogens with two attached hydrogens (primary N) is 1. The van der Waals surface area contributed by atoms with Crippen LogP contribution in [0.2, 0.25) is 0 Å². The van der Waals surface area contributed by atoms with Crippen molar-refractivity contribution in [2.75, 3.05) is 10.6 Å². The lowest BCUT2D eigenvalue weighted by Gasteiger charge is -2.21. The first-order valence-corrected chi connectivity index (χ1v) is 9.14. The smallest absolute Gasteiger partial charge is 0.247 e. The van der Waals surface area contributed by atoms with Crippen LogP contribution in [0.4, 0.5) is 11.4 Å². The maximum Gasteiger partial charge on any atom is 0.247 e. The van der Waals surface area contributed by atoms with E-state index in [1.54, 1.807) is 6.07 Å². The van der Waals surface area contributed by atoms with Crippen molar-refractivity contribution in [1.29, 1.82) is 0 Å². The van der Waals surface area contributed by atoms with Gasteiger partial charge in [0.25, 0.3) is 0 Å². The zero-order valence-corrected chi connectivity index (χ0v) is 15.5. The lowest BCUT2D eigenvalue weighted by atomic mass is 9.87. The summed E-state index contributed by atoms with van der Waals surface area (Å²) in [6.45, 7) is 6.39. The standard InChI is InChI=1S/C20H22N2O2S/c1-20(2,3)13-8-10-14(11-9-13)22-18(23)12-17(19(22)24)25-16-7-5-4-6-15(16)21/h4-11,17H,12,21H2,1-3H3/t17-/m0/s1. The highest BCUT2D eigenvalue weighted by Crippen LogP contribution is 2.36. The van der Waals surface area contributed by atoms with Crippen LogP contribution < -0.4 is 10.6 Å². The third kappa shape index (κ3) is 3.56. The van der Waals surface area contributed by atoms with Gasteiger partial charge >= 0.3 is 0 Å². The average molecular weight is 354 g/mol. The number of nitrogen functional groups attached to an aromatic ring is 1. The van der Waals surface area contributed by atoms with Gasteiger partial charge in [0.15, 0.2) is 0 Å². The topological polar surface area (TPSA) is 63.4 Å². The van der Waals surface area contributed by atoms with Gasteiger partial charge in [-0.25, -0.2) is 4.90 Å². The molecule has 0 bridgehead atoms. The third-order valence-corrected chi connectivity index (χ3v) is 5.56. The van der Waals surface area contributed by atoms with Crippen LogP contribution in [0, 0.1) is 0 Å². The third-order valence-electron chi connectivity index (χ3n) is 4.29. The molecule has 5 heteroatoms. The van der Waals surface area contributed by atoms with E-state index in [1.807, 2.05) is 42.5 Å². The van der Waals surface area contributed by atoms with Gasteiger partial charge in [-0.3, -0.25) is 9.59 Å². The predicted molar refractivity (Wildman–Crippen MR) is 103 cm³/mol. The molecule has 2 amide bonds. The molecule has 2 N–H and O–H groups in total. The van der Waals surface area contributed by atoms with Crippen molar-refractivity contribution < 1.29 is 9.59 Å². The van der Waals surface area contributed by atoms with Gasteiger partial charge < -0.3 is 5.73 Å². The number of thioether (sulfide) groups is 1. The Morgan fingerprint density at radius 3 is 2.28 bits per heavy atom. The van der Waals surface area contributed by atoms with Gasteiger partial charge in [0.05, 0.1) is 10.9 Å². The van der Waals surface area contributed by atoms with Crippen LogP contribution >= 0.6 is 11.8 Å². The number of anilines is 2. The van der Waals surface area contributed by atoms with E-state index in [9.17, 15) is 9.59 Å². The first-order chi connectivity index (χ1) is 11.8. The Balaban J connectivity index is 1.81. The normalized spacial score (nSPS) is 18.0. The molecular formula is C20H22N2O2S. The number of imide groups is 1. The van der Waals surface area contributed by atoms with Crippen molar-refractivity contribution in [3.05, 3.63) is 54.1 Å². The highest BCUT2D eigenvalue weighted by molar-refractivity contribution is 8.00. The molecule has 1 aliphatic heterocycles. The molecule has 0 aromatic heterocycles. The Morgan fingerprint density at radius 1 is 1.04 bits per heavy atom. The van der Waals surface area contributed by atoms with E-state index >= 15 is 0 Å². The molecule has 3 rings (SSSR count). The first-order valence-electron chi connectivity index (χ1n) is 8.26. The van der Waals surface area contributed by atoms with Gasteiger partial charge in [0, 0.05) is 17.0 Å². The first kappa shape index (κ1) is 17.5. The van der Waals surface area contributed by atoms with E-state index in [4.69, 9.17) is 5.73 Å². The number of hydrogen-bond acceptors (Lipinski definition) is 4. The molecule has 1 saturated heterocycles. The maximum absolute atomic E-state index is 12.8. The molecule has 130 valence electrons. The zero-order chi connectivity index (χ0) is 18.2. The van der Waals surface area contributed by atoms with E-state index < -0.39 is 5.25 Å². The molecular weight excluding hydrogens is 332 g/mol. The van der Waals surface area contributed by atoms with Crippen molar-refractivity contribution >= 4 is 35.0 Å². The molecule has 4 nitrogen and oxygen atoms in total. The highest BCUT2D eigenvalue weighted by Gasteiger charge is 2.40. The number of rotatable bonds is 3. The van der Waals surface area contributed by atoms with Gasteiger partial charge in [-0.2, -0.15) is 0 Å². The lowest BCUT2D eigenvalue weighted by molar-refractivity contribution is -0.121. The average Bonchev–Trinajstić information content (AvgIpc) is 2.83. The van der Waals surface area contributed by atoms with E-state index in [0.717, 1.165) is 4.90 Å². The Morgan fingerprint density at radius 2 is 1.68 bits per heavy atom. The fraction of sp³-hybridized carbons (Fsp3) is 0.300. The number of carbonyl (C=O) groups excluding carboxylic acids is 2. The van der Waals surface area contributed by atoms with Gasteiger partial charge in [-0.15, -0.1) is 11.8 Å². The fourth-order valence-electron chi connectivity index (χ4n) is 2.82. The van der Waals surface area contributed by atoms with Crippen LogP contribution in [0.5, 0.6) is 0 Å². The molecule has 1 heterocycles. The van der Waals surface area contributed by atoms with Gasteiger partial charge in [-0.1, -0.05) is 45.0 Å². The minimum Gasteiger partial charge on any atom is -0.398 e. The quantitative estimate of drug-likeness (QED) is 0.669. The van der Waals surface area contributed by atoms with Crippen molar-refractivity contribution in [3.63, 3.8) is 0 Å². The van der Waals surface area contributed by atoms with E-state index in [-0.39, 0.29) is 23.7 Å². The van der Waals surface area contributed by atoms with Crippen LogP contribution in [0.1, 0.15) is 32.8 Å². The number of amides is 2. The summed E-state index contributed by atoms with van der Waals surface area (Å²) in [6, 6.07) is 15.1. The van der Waals surface area contributed by atoms with E-state index in [1.165, 1.54) is 22.2 Å². The van der Waals surface area contributed by atoms with E-state index in [0.29, 0.717) is 11.4 Å². The summed E-state index contributed by atoms with van der Waals surface area (Å²) >= 11 is 1.36. The molecule has 2 aromatic rings. The molecule has 1 atom stereocenters. The summed E-state index contributed by atoms with van der Waals surface area (Å²) in [7, 11) is 0. The summed E-state index contributed by atoms with van der Waals surface area (Å²) in [4.78, 5) is 27.3. The Hall–Kier alpha value is -2.27. The summed E-state index contributed by atoms with van der Waals surface area (Å²) in [5, 5.41) is -0.431. The largest absolute Gasteiger partial charge is 0.398 e. The number of hydrogen-bond donors (Lipinski definition) is 1. The summed E-state index contributed by atoms with van der Waals surface area (Å²) in [5.74, 6) is -0.345. The lowest BCUT2D eigenvalue weighted by Crippen LogP contribution is -2.31. The fourth-order valence-corrected chi connectivity index (χ4v) is 3.92. The Kier molecular flexibility index (Phi) is 4.60. The van der Waals surface area contributed by atoms with Gasteiger partial charge in [0.1, 0.15) is 0 Å². The molecule has 0 radical (unpaired) electrons. The minimum atomic E-state index is -0.431. The van der Waals surface area contributed by atoms with Crippen LogP contribution in [0.25, 0.3) is 0 Å². The molecule has 0 aliphatic carbocycles. The molecule has 0 spiro atoms. The number of para-hydroxylation sites is 1. The second kappa shape index (κ2) is 6.56. The monoisotopic (exact) mass is 354 g/mol. The second-order valence-electron chi connectivity index (χ2n) is 7.21. The predicted octanol–water partition coefficient (Wildman–Crippen LogP) is 3.99. The molecule has 2 aromatic carbocycles. The van der Waals surface area contributed by atoms with Crippen LogP contribution in [-0.4, -0.2) is 17.1 Å². The second-order valence-corrected chi connectivity index (χ2v) is 8.46. The molecule has 1 aliphatic rings. The van der Waals surface area contributed by atoms with Crippen molar-refractivity contribution in [3.8, 4) is 0 Å². The zero-order valence-electron chi connectivity index (χ0n) is 14.7. The molecule has 0 unspecified atom stereocenters. The Bertz CT molecular complexity index is 809. The maximum atomic E-state index is 12.8. The minimum absolute atomic E-state index is 0.0286. The van der Waals surface area contributed by atoms with Crippen molar-refractivity contribution in [1.82, 2.24) is 0 Å². The Labute approximate surface area is 152 Å². The van der Waals surface area contributed by atoms with Gasteiger partial charge in [-0.05, 0) is 35.2 Å². The van der Waals surface area contributed by atoms with Crippen LogP contribution in [0.3, 0.4) is 0 Å². The molecule has 25 heavy (non-hydrogen) atoms. The SMILES string of the molecule is CC(C)(C)c1ccc(N2C(=O)C[C@H](Sc3ccccc3N)C2=O)cc1. The number of carbonyl (C=O) groups is 2. The summed E-state index contributed by atoms with van der Waals surface area (Å²) in [5.41, 5.74) is 8.40. The highest BCUT2D eigenvalue weighted by atomic mass is 32.2. The summed E-state index contributed by atoms with van der Waals surface area (Å²) in [6.07, 6.45) is 0.193. The molecule has 1 fully saturated rings. The van der Waals surface area contributed by atoms with Crippen molar-refractivity contribution in [2.24, 2.45) is 0 Å². The number of nitrogens with zero attached hydrogens (tertiary/aromatic N) is 1. The van der Waals surface area contributed by atoms with Crippen LogP contribution in [-0.2, 0) is 15.0 Å². The molecule has 0 saturated carbocycles. The number of benzene rings is 2.